The van der Waals surface area contributed by atoms with E-state index in [2.05, 4.69) is 4.74 Å². The van der Waals surface area contributed by atoms with Crippen molar-refractivity contribution in [1.29, 1.82) is 5.26 Å². The lowest BCUT2D eigenvalue weighted by Gasteiger charge is -2.10. The van der Waals surface area contributed by atoms with Gasteiger partial charge in [-0.15, -0.1) is 13.2 Å². The van der Waals surface area contributed by atoms with Crippen molar-refractivity contribution >= 4 is 11.6 Å². The Balaban J connectivity index is 2.41. The first-order valence-electron chi connectivity index (χ1n) is 5.44. The summed E-state index contributed by atoms with van der Waals surface area (Å²) in [6.45, 7) is 0. The van der Waals surface area contributed by atoms with E-state index in [1.807, 2.05) is 6.07 Å². The molecule has 0 aliphatic rings. The molecule has 2 rings (SSSR count). The second-order valence-electron chi connectivity index (χ2n) is 3.92. The van der Waals surface area contributed by atoms with E-state index in [4.69, 9.17) is 16.9 Å². The molecule has 0 radical (unpaired) electrons. The molecule has 0 amide bonds. The van der Waals surface area contributed by atoms with Crippen molar-refractivity contribution in [3.63, 3.8) is 0 Å². The molecule has 6 heteroatoms. The highest BCUT2D eigenvalue weighted by molar-refractivity contribution is 6.31. The Hall–Kier alpha value is -2.19. The number of alkyl halides is 3. The summed E-state index contributed by atoms with van der Waals surface area (Å²) in [4.78, 5) is 0. The number of benzene rings is 2. The highest BCUT2D eigenvalue weighted by atomic mass is 35.5. The van der Waals surface area contributed by atoms with Crippen molar-refractivity contribution in [3.8, 4) is 22.9 Å². The Bertz CT molecular complexity index is 677. The van der Waals surface area contributed by atoms with E-state index < -0.39 is 6.36 Å². The van der Waals surface area contributed by atoms with Gasteiger partial charge in [0.1, 0.15) is 5.75 Å². The normalized spacial score (nSPS) is 10.9. The molecule has 2 nitrogen and oxygen atoms in total. The summed E-state index contributed by atoms with van der Waals surface area (Å²) in [5.74, 6) is -0.325. The smallest absolute Gasteiger partial charge is 0.406 e. The fraction of sp³-hybridized carbons (Fsp3) is 0.0714. The number of rotatable bonds is 2. The topological polar surface area (TPSA) is 33.0 Å². The first-order valence-corrected chi connectivity index (χ1v) is 5.82. The second kappa shape index (κ2) is 5.43. The molecular formula is C14H7ClF3NO. The average Bonchev–Trinajstić information content (AvgIpc) is 2.36. The fourth-order valence-corrected chi connectivity index (χ4v) is 1.93. The van der Waals surface area contributed by atoms with E-state index in [9.17, 15) is 13.2 Å². The van der Waals surface area contributed by atoms with Crippen LogP contribution in [0.2, 0.25) is 5.02 Å². The van der Waals surface area contributed by atoms with Gasteiger partial charge in [0.15, 0.2) is 0 Å². The minimum atomic E-state index is -4.75. The standard InChI is InChI=1S/C14H7ClF3NO/c15-12-5-9(8-19)4-11(6-12)10-2-1-3-13(7-10)20-14(16,17)18/h1-7H. The zero-order valence-corrected chi connectivity index (χ0v) is 10.7. The van der Waals surface area contributed by atoms with E-state index in [1.54, 1.807) is 18.2 Å². The van der Waals surface area contributed by atoms with Gasteiger partial charge in [-0.3, -0.25) is 0 Å². The molecule has 20 heavy (non-hydrogen) atoms. The Morgan fingerprint density at radius 1 is 1.05 bits per heavy atom. The van der Waals surface area contributed by atoms with Gasteiger partial charge in [0, 0.05) is 5.02 Å². The van der Waals surface area contributed by atoms with Crippen LogP contribution in [0.25, 0.3) is 11.1 Å². The van der Waals surface area contributed by atoms with Crippen molar-refractivity contribution in [2.75, 3.05) is 0 Å². The Kier molecular flexibility index (Phi) is 3.86. The Morgan fingerprint density at radius 2 is 1.80 bits per heavy atom. The zero-order valence-electron chi connectivity index (χ0n) is 9.91. The molecule has 0 saturated carbocycles. The number of hydrogen-bond acceptors (Lipinski definition) is 2. The predicted molar refractivity (Wildman–Crippen MR) is 68.3 cm³/mol. The van der Waals surface area contributed by atoms with Crippen LogP contribution in [-0.4, -0.2) is 6.36 Å². The van der Waals surface area contributed by atoms with Crippen molar-refractivity contribution in [2.45, 2.75) is 6.36 Å². The third-order valence-electron chi connectivity index (χ3n) is 2.43. The van der Waals surface area contributed by atoms with Gasteiger partial charge in [0.25, 0.3) is 0 Å². The van der Waals surface area contributed by atoms with Gasteiger partial charge in [-0.1, -0.05) is 23.7 Å². The van der Waals surface area contributed by atoms with Crippen molar-refractivity contribution in [1.82, 2.24) is 0 Å². The van der Waals surface area contributed by atoms with Crippen LogP contribution in [0.3, 0.4) is 0 Å². The molecule has 0 fully saturated rings. The molecule has 0 aromatic heterocycles. The molecule has 0 heterocycles. The largest absolute Gasteiger partial charge is 0.573 e. The van der Waals surface area contributed by atoms with Crippen LogP contribution in [0.1, 0.15) is 5.56 Å². The van der Waals surface area contributed by atoms with Gasteiger partial charge in [0.2, 0.25) is 0 Å². The van der Waals surface area contributed by atoms with Crippen LogP contribution < -0.4 is 4.74 Å². The predicted octanol–water partition coefficient (Wildman–Crippen LogP) is 4.78. The highest BCUT2D eigenvalue weighted by Gasteiger charge is 2.31. The number of hydrogen-bond donors (Lipinski definition) is 0. The molecule has 2 aromatic rings. The van der Waals surface area contributed by atoms with Crippen molar-refractivity contribution in [3.05, 3.63) is 53.1 Å². The molecule has 0 atom stereocenters. The van der Waals surface area contributed by atoms with E-state index in [1.165, 1.54) is 24.3 Å². The Morgan fingerprint density at radius 3 is 2.45 bits per heavy atom. The van der Waals surface area contributed by atoms with Crippen LogP contribution in [-0.2, 0) is 0 Å². The van der Waals surface area contributed by atoms with Crippen molar-refractivity contribution in [2.24, 2.45) is 0 Å². The van der Waals surface area contributed by atoms with Crippen LogP contribution in [0.5, 0.6) is 5.75 Å². The molecule has 0 unspecified atom stereocenters. The third kappa shape index (κ3) is 3.65. The van der Waals surface area contributed by atoms with E-state index in [0.29, 0.717) is 21.7 Å². The van der Waals surface area contributed by atoms with Gasteiger partial charge in [-0.05, 0) is 41.5 Å². The number of ether oxygens (including phenoxy) is 1. The second-order valence-corrected chi connectivity index (χ2v) is 4.35. The minimum Gasteiger partial charge on any atom is -0.406 e. The van der Waals surface area contributed by atoms with Crippen LogP contribution >= 0.6 is 11.6 Å². The monoisotopic (exact) mass is 297 g/mol. The maximum absolute atomic E-state index is 12.2. The van der Waals surface area contributed by atoms with E-state index >= 15 is 0 Å². The SMILES string of the molecule is N#Cc1cc(Cl)cc(-c2cccc(OC(F)(F)F)c2)c1. The van der Waals surface area contributed by atoms with Gasteiger partial charge in [-0.25, -0.2) is 0 Å². The van der Waals surface area contributed by atoms with Crippen LogP contribution in [0.15, 0.2) is 42.5 Å². The molecule has 0 saturated heterocycles. The third-order valence-corrected chi connectivity index (χ3v) is 2.65. The highest BCUT2D eigenvalue weighted by Crippen LogP contribution is 2.29. The summed E-state index contributed by atoms with van der Waals surface area (Å²) in [6.07, 6.45) is -4.75. The molecule has 0 bridgehead atoms. The van der Waals surface area contributed by atoms with Crippen molar-refractivity contribution < 1.29 is 17.9 Å². The zero-order chi connectivity index (χ0) is 14.8. The summed E-state index contributed by atoms with van der Waals surface area (Å²) in [6, 6.07) is 12.0. The quantitative estimate of drug-likeness (QED) is 0.799. The number of halogens is 4. The van der Waals surface area contributed by atoms with Gasteiger partial charge >= 0.3 is 6.36 Å². The van der Waals surface area contributed by atoms with Crippen LogP contribution in [0.4, 0.5) is 13.2 Å². The molecule has 0 spiro atoms. The molecule has 0 aliphatic carbocycles. The lowest BCUT2D eigenvalue weighted by molar-refractivity contribution is -0.274. The van der Waals surface area contributed by atoms with E-state index in [-0.39, 0.29) is 5.75 Å². The fourth-order valence-electron chi connectivity index (χ4n) is 1.69. The lowest BCUT2D eigenvalue weighted by Crippen LogP contribution is -2.17. The molecule has 0 N–H and O–H groups in total. The van der Waals surface area contributed by atoms with Gasteiger partial charge in [-0.2, -0.15) is 5.26 Å². The lowest BCUT2D eigenvalue weighted by atomic mass is 10.0. The van der Waals surface area contributed by atoms with Gasteiger partial charge < -0.3 is 4.74 Å². The minimum absolute atomic E-state index is 0.325. The molecule has 2 aromatic carbocycles. The van der Waals surface area contributed by atoms with Crippen LogP contribution in [0, 0.1) is 11.3 Å². The molecule has 0 aliphatic heterocycles. The van der Waals surface area contributed by atoms with E-state index in [0.717, 1.165) is 0 Å². The first-order chi connectivity index (χ1) is 9.37. The maximum atomic E-state index is 12.2. The maximum Gasteiger partial charge on any atom is 0.573 e. The Labute approximate surface area is 118 Å². The summed E-state index contributed by atoms with van der Waals surface area (Å²) in [5, 5.41) is 9.19. The molecular weight excluding hydrogens is 291 g/mol. The summed E-state index contributed by atoms with van der Waals surface area (Å²) in [5.41, 5.74) is 1.35. The molecule has 102 valence electrons. The summed E-state index contributed by atoms with van der Waals surface area (Å²) < 4.78 is 40.4. The number of nitrogens with zero attached hydrogens (tertiary/aromatic N) is 1. The summed E-state index contributed by atoms with van der Waals surface area (Å²) in [7, 11) is 0. The first kappa shape index (κ1) is 14.2. The average molecular weight is 298 g/mol. The number of nitriles is 1. The van der Waals surface area contributed by atoms with Gasteiger partial charge in [0.05, 0.1) is 11.6 Å². The summed E-state index contributed by atoms with van der Waals surface area (Å²) >= 11 is 5.86.